The highest BCUT2D eigenvalue weighted by Crippen LogP contribution is 2.30. The lowest BCUT2D eigenvalue weighted by molar-refractivity contribution is 0.0106. The molecule has 7 heteroatoms. The molecule has 6 rings (SSSR count). The molecule has 0 amide bonds. The number of carbonyl (C=O) groups is 2. The van der Waals surface area contributed by atoms with Crippen LogP contribution in [0, 0.1) is 0 Å². The Labute approximate surface area is 268 Å². The minimum absolute atomic E-state index is 0.0583. The van der Waals surface area contributed by atoms with E-state index in [2.05, 4.69) is 59.9 Å². The van der Waals surface area contributed by atoms with Gasteiger partial charge in [0.1, 0.15) is 12.4 Å². The highest BCUT2D eigenvalue weighted by Gasteiger charge is 2.27. The monoisotopic (exact) mass is 615 g/mol. The van der Waals surface area contributed by atoms with Gasteiger partial charge in [0.15, 0.2) is 0 Å². The average molecular weight is 616 g/mol. The third kappa shape index (κ3) is 7.62. The van der Waals surface area contributed by atoms with E-state index < -0.39 is 11.9 Å². The largest absolute Gasteiger partial charge is 0.493 e. The molecule has 5 aromatic carbocycles. The van der Waals surface area contributed by atoms with Crippen LogP contribution in [-0.2, 0) is 29.1 Å². The van der Waals surface area contributed by atoms with Crippen molar-refractivity contribution in [2.75, 3.05) is 19.7 Å². The zero-order valence-electron chi connectivity index (χ0n) is 25.6. The van der Waals surface area contributed by atoms with Gasteiger partial charge < -0.3 is 24.6 Å². The Morgan fingerprint density at radius 2 is 1.59 bits per heavy atom. The Morgan fingerprint density at radius 1 is 0.804 bits per heavy atom. The average Bonchev–Trinajstić information content (AvgIpc) is 3.10. The van der Waals surface area contributed by atoms with Gasteiger partial charge in [0.25, 0.3) is 0 Å². The Hall–Kier alpha value is -4.98. The molecule has 1 aliphatic heterocycles. The number of nitrogens with one attached hydrogen (secondary N) is 1. The van der Waals surface area contributed by atoms with Gasteiger partial charge in [0.2, 0.25) is 0 Å². The number of ether oxygens (including phenoxy) is 3. The van der Waals surface area contributed by atoms with E-state index >= 15 is 0 Å². The summed E-state index contributed by atoms with van der Waals surface area (Å²) < 4.78 is 18.0. The molecule has 1 saturated heterocycles. The number of hydrogen-bond acceptors (Lipinski definition) is 6. The van der Waals surface area contributed by atoms with Crippen molar-refractivity contribution in [3.8, 4) is 5.75 Å². The number of hydrogen-bond donors (Lipinski definition) is 2. The molecule has 1 heterocycles. The summed E-state index contributed by atoms with van der Waals surface area (Å²) in [6, 6.07) is 36.7. The normalized spacial score (nSPS) is 16.2. The van der Waals surface area contributed by atoms with Crippen LogP contribution >= 0.6 is 0 Å². The minimum Gasteiger partial charge on any atom is -0.493 e. The second-order valence-electron chi connectivity index (χ2n) is 11.5. The molecule has 1 aliphatic rings. The number of piperidine rings is 1. The van der Waals surface area contributed by atoms with Crippen molar-refractivity contribution in [1.82, 2.24) is 5.32 Å². The molecular weight excluding hydrogens is 578 g/mol. The first-order chi connectivity index (χ1) is 22.5. The van der Waals surface area contributed by atoms with Crippen molar-refractivity contribution in [2.45, 2.75) is 38.1 Å². The molecule has 2 atom stereocenters. The Bertz CT molecular complexity index is 1790. The molecule has 0 radical (unpaired) electrons. The van der Waals surface area contributed by atoms with E-state index in [1.807, 2.05) is 24.3 Å². The predicted molar refractivity (Wildman–Crippen MR) is 177 cm³/mol. The fourth-order valence-corrected chi connectivity index (χ4v) is 6.04. The van der Waals surface area contributed by atoms with E-state index in [4.69, 9.17) is 14.2 Å². The van der Waals surface area contributed by atoms with Crippen molar-refractivity contribution in [2.24, 2.45) is 0 Å². The van der Waals surface area contributed by atoms with Crippen molar-refractivity contribution in [3.05, 3.63) is 149 Å². The van der Waals surface area contributed by atoms with Crippen molar-refractivity contribution >= 4 is 22.7 Å². The third-order valence-electron chi connectivity index (χ3n) is 8.51. The van der Waals surface area contributed by atoms with E-state index in [1.54, 1.807) is 30.3 Å². The molecule has 2 N–H and O–H groups in total. The van der Waals surface area contributed by atoms with Gasteiger partial charge in [0.05, 0.1) is 30.4 Å². The molecule has 7 nitrogen and oxygen atoms in total. The molecule has 234 valence electrons. The number of rotatable bonds is 12. The summed E-state index contributed by atoms with van der Waals surface area (Å²) in [5.74, 6) is -0.562. The van der Waals surface area contributed by atoms with E-state index in [-0.39, 0.29) is 24.2 Å². The van der Waals surface area contributed by atoms with Crippen LogP contribution in [0.4, 0.5) is 0 Å². The first-order valence-corrected chi connectivity index (χ1v) is 15.6. The summed E-state index contributed by atoms with van der Waals surface area (Å²) in [5, 5.41) is 15.7. The maximum atomic E-state index is 12.5. The van der Waals surface area contributed by atoms with Gasteiger partial charge in [-0.05, 0) is 76.8 Å². The zero-order valence-corrected chi connectivity index (χ0v) is 25.6. The van der Waals surface area contributed by atoms with Gasteiger partial charge in [0, 0.05) is 24.4 Å². The van der Waals surface area contributed by atoms with Crippen LogP contribution in [0.15, 0.2) is 115 Å². The first-order valence-electron chi connectivity index (χ1n) is 15.6. The summed E-state index contributed by atoms with van der Waals surface area (Å²) in [7, 11) is 0. The molecule has 0 aromatic heterocycles. The van der Waals surface area contributed by atoms with Gasteiger partial charge in [-0.1, -0.05) is 78.9 Å². The van der Waals surface area contributed by atoms with Gasteiger partial charge >= 0.3 is 11.9 Å². The standard InChI is InChI=1S/C39H37NO6/c41-38(42)35-12-6-11-29(36(35)26-46-39(43)31-8-2-1-3-9-31)20-22-44-33-17-15-30(16-18-33)34-19-21-40-24-37(34)45-25-27-13-14-28-7-4-5-10-32(28)23-27/h1-18,23,34,37,40H,19-22,24-26H2,(H,41,42). The Balaban J connectivity index is 1.06. The number of carbonyl (C=O) groups excluding carboxylic acids is 1. The van der Waals surface area contributed by atoms with Crippen molar-refractivity contribution in [1.29, 1.82) is 0 Å². The van der Waals surface area contributed by atoms with Crippen molar-refractivity contribution in [3.63, 3.8) is 0 Å². The third-order valence-corrected chi connectivity index (χ3v) is 8.51. The van der Waals surface area contributed by atoms with Crippen LogP contribution in [0.1, 0.15) is 55.3 Å². The summed E-state index contributed by atoms with van der Waals surface area (Å²) in [6.45, 7) is 2.50. The van der Waals surface area contributed by atoms with Gasteiger partial charge in [-0.3, -0.25) is 0 Å². The van der Waals surface area contributed by atoms with Gasteiger partial charge in [-0.2, -0.15) is 0 Å². The number of carboxylic acid groups (broad SMARTS) is 1. The summed E-state index contributed by atoms with van der Waals surface area (Å²) in [4.78, 5) is 24.5. The van der Waals surface area contributed by atoms with Crippen LogP contribution in [-0.4, -0.2) is 42.8 Å². The molecule has 1 fully saturated rings. The van der Waals surface area contributed by atoms with Crippen LogP contribution in [0.2, 0.25) is 0 Å². The second-order valence-corrected chi connectivity index (χ2v) is 11.5. The van der Waals surface area contributed by atoms with Gasteiger partial charge in [-0.25, -0.2) is 9.59 Å². The lowest BCUT2D eigenvalue weighted by Gasteiger charge is -2.32. The van der Waals surface area contributed by atoms with Crippen molar-refractivity contribution < 1.29 is 28.9 Å². The van der Waals surface area contributed by atoms with E-state index in [0.717, 1.165) is 36.4 Å². The fraction of sp³-hybridized carbons (Fsp3) is 0.231. The molecule has 0 saturated carbocycles. The topological polar surface area (TPSA) is 94.1 Å². The number of benzene rings is 5. The molecule has 0 spiro atoms. The number of carboxylic acids is 1. The summed E-state index contributed by atoms with van der Waals surface area (Å²) in [5.41, 5.74) is 4.14. The highest BCUT2D eigenvalue weighted by molar-refractivity contribution is 5.91. The van der Waals surface area contributed by atoms with Crippen LogP contribution in [0.5, 0.6) is 5.75 Å². The SMILES string of the molecule is O=C(OCc1c(CCOc2ccc(C3CCNCC3OCc3ccc4ccccc4c3)cc2)cccc1C(=O)O)c1ccccc1. The van der Waals surface area contributed by atoms with Gasteiger partial charge in [-0.15, -0.1) is 0 Å². The lowest BCUT2D eigenvalue weighted by Crippen LogP contribution is -2.40. The van der Waals surface area contributed by atoms with E-state index in [0.29, 0.717) is 30.8 Å². The lowest BCUT2D eigenvalue weighted by atomic mass is 9.87. The van der Waals surface area contributed by atoms with Crippen LogP contribution < -0.4 is 10.1 Å². The summed E-state index contributed by atoms with van der Waals surface area (Å²) >= 11 is 0. The Kier molecular flexibility index (Phi) is 10.0. The number of aromatic carboxylic acids is 1. The maximum Gasteiger partial charge on any atom is 0.338 e. The minimum atomic E-state index is -1.07. The van der Waals surface area contributed by atoms with E-state index in [1.165, 1.54) is 22.4 Å². The first kappa shape index (κ1) is 31.0. The molecule has 0 bridgehead atoms. The number of esters is 1. The second kappa shape index (κ2) is 14.9. The number of fused-ring (bicyclic) bond motifs is 1. The molecule has 46 heavy (non-hydrogen) atoms. The van der Waals surface area contributed by atoms with Crippen LogP contribution in [0.25, 0.3) is 10.8 Å². The molecule has 5 aromatic rings. The smallest absolute Gasteiger partial charge is 0.338 e. The molecular formula is C39H37NO6. The summed E-state index contributed by atoms with van der Waals surface area (Å²) in [6.07, 6.45) is 1.50. The molecule has 0 aliphatic carbocycles. The predicted octanol–water partition coefficient (Wildman–Crippen LogP) is 7.18. The maximum absolute atomic E-state index is 12.5. The molecule has 2 unspecified atom stereocenters. The Morgan fingerprint density at radius 3 is 2.39 bits per heavy atom. The quantitative estimate of drug-likeness (QED) is 0.144. The van der Waals surface area contributed by atoms with E-state index in [9.17, 15) is 14.7 Å². The van der Waals surface area contributed by atoms with Crippen LogP contribution in [0.3, 0.4) is 0 Å². The highest BCUT2D eigenvalue weighted by atomic mass is 16.5. The zero-order chi connectivity index (χ0) is 31.7. The fourth-order valence-electron chi connectivity index (χ4n) is 6.04.